The third-order valence-electron chi connectivity index (χ3n) is 3.97. The van der Waals surface area contributed by atoms with Gasteiger partial charge >= 0.3 is 0 Å². The SMILES string of the molecule is C[C@@H]1Oc2ccc(-c3csc(NC(=O)c4ccccc4)n3)cc2NC1=O. The van der Waals surface area contributed by atoms with Crippen LogP contribution in [0.2, 0.25) is 0 Å². The maximum absolute atomic E-state index is 12.2. The molecule has 2 amide bonds. The molecule has 0 aliphatic carbocycles. The Labute approximate surface area is 153 Å². The lowest BCUT2D eigenvalue weighted by Crippen LogP contribution is -2.34. The van der Waals surface area contributed by atoms with E-state index in [4.69, 9.17) is 4.74 Å². The molecule has 0 saturated heterocycles. The molecule has 3 aromatic rings. The number of rotatable bonds is 3. The van der Waals surface area contributed by atoms with E-state index in [0.29, 0.717) is 27.8 Å². The Bertz CT molecular complexity index is 985. The van der Waals surface area contributed by atoms with Crippen molar-refractivity contribution in [3.63, 3.8) is 0 Å². The minimum atomic E-state index is -0.507. The van der Waals surface area contributed by atoms with Crippen molar-refractivity contribution in [3.05, 3.63) is 59.5 Å². The second-order valence-electron chi connectivity index (χ2n) is 5.82. The van der Waals surface area contributed by atoms with E-state index in [2.05, 4.69) is 15.6 Å². The van der Waals surface area contributed by atoms with Crippen molar-refractivity contribution in [3.8, 4) is 17.0 Å². The summed E-state index contributed by atoms with van der Waals surface area (Å²) in [6.45, 7) is 1.70. The standard InChI is InChI=1S/C19H15N3O3S/c1-11-17(23)20-14-9-13(7-8-16(14)25-11)15-10-26-19(21-15)22-18(24)12-5-3-2-4-6-12/h2-11H,1H3,(H,20,23)(H,21,22,24)/t11-/m0/s1. The maximum Gasteiger partial charge on any atom is 0.265 e. The van der Waals surface area contributed by atoms with Crippen LogP contribution in [0, 0.1) is 0 Å². The second-order valence-corrected chi connectivity index (χ2v) is 6.68. The highest BCUT2D eigenvalue weighted by molar-refractivity contribution is 7.14. The largest absolute Gasteiger partial charge is 0.479 e. The number of hydrogen-bond acceptors (Lipinski definition) is 5. The number of hydrogen-bond donors (Lipinski definition) is 2. The van der Waals surface area contributed by atoms with Gasteiger partial charge in [0.15, 0.2) is 11.2 Å². The Balaban J connectivity index is 1.54. The van der Waals surface area contributed by atoms with Crippen LogP contribution in [0.1, 0.15) is 17.3 Å². The lowest BCUT2D eigenvalue weighted by Gasteiger charge is -2.23. The molecule has 0 spiro atoms. The summed E-state index contributed by atoms with van der Waals surface area (Å²) in [5.41, 5.74) is 2.74. The van der Waals surface area contributed by atoms with Crippen molar-refractivity contribution in [1.29, 1.82) is 0 Å². The zero-order valence-electron chi connectivity index (χ0n) is 13.9. The van der Waals surface area contributed by atoms with Gasteiger partial charge in [-0.3, -0.25) is 14.9 Å². The van der Waals surface area contributed by atoms with Gasteiger partial charge in [-0.05, 0) is 37.3 Å². The fourth-order valence-electron chi connectivity index (χ4n) is 2.59. The van der Waals surface area contributed by atoms with Crippen molar-refractivity contribution < 1.29 is 14.3 Å². The highest BCUT2D eigenvalue weighted by atomic mass is 32.1. The van der Waals surface area contributed by atoms with Crippen LogP contribution in [-0.2, 0) is 4.79 Å². The van der Waals surface area contributed by atoms with Gasteiger partial charge in [-0.2, -0.15) is 0 Å². The van der Waals surface area contributed by atoms with Crippen molar-refractivity contribution >= 4 is 34.0 Å². The predicted molar refractivity (Wildman–Crippen MR) is 101 cm³/mol. The molecule has 6 nitrogen and oxygen atoms in total. The van der Waals surface area contributed by atoms with Gasteiger partial charge in [-0.1, -0.05) is 18.2 Å². The summed E-state index contributed by atoms with van der Waals surface area (Å²) < 4.78 is 5.55. The van der Waals surface area contributed by atoms with Crippen molar-refractivity contribution in [1.82, 2.24) is 4.98 Å². The van der Waals surface area contributed by atoms with Gasteiger partial charge in [0.25, 0.3) is 11.8 Å². The van der Waals surface area contributed by atoms with E-state index >= 15 is 0 Å². The van der Waals surface area contributed by atoms with Crippen LogP contribution in [-0.4, -0.2) is 22.9 Å². The first kappa shape index (κ1) is 16.3. The smallest absolute Gasteiger partial charge is 0.265 e. The van der Waals surface area contributed by atoms with Gasteiger partial charge < -0.3 is 10.1 Å². The zero-order chi connectivity index (χ0) is 18.1. The molecule has 1 aliphatic heterocycles. The zero-order valence-corrected chi connectivity index (χ0v) is 14.7. The van der Waals surface area contributed by atoms with Gasteiger partial charge in [0.2, 0.25) is 0 Å². The number of carbonyl (C=O) groups is 2. The molecule has 2 aromatic carbocycles. The molecule has 26 heavy (non-hydrogen) atoms. The Morgan fingerprint density at radius 1 is 1.23 bits per heavy atom. The van der Waals surface area contributed by atoms with Gasteiger partial charge in [0, 0.05) is 16.5 Å². The van der Waals surface area contributed by atoms with E-state index in [9.17, 15) is 9.59 Å². The number of aromatic nitrogens is 1. The molecule has 0 unspecified atom stereocenters. The molecular formula is C19H15N3O3S. The molecular weight excluding hydrogens is 350 g/mol. The lowest BCUT2D eigenvalue weighted by atomic mass is 10.1. The Morgan fingerprint density at radius 2 is 2.04 bits per heavy atom. The first-order valence-corrected chi connectivity index (χ1v) is 8.92. The lowest BCUT2D eigenvalue weighted by molar-refractivity contribution is -0.122. The third kappa shape index (κ3) is 3.16. The van der Waals surface area contributed by atoms with Crippen LogP contribution >= 0.6 is 11.3 Å². The number of thiazole rings is 1. The minimum Gasteiger partial charge on any atom is -0.479 e. The summed E-state index contributed by atoms with van der Waals surface area (Å²) in [6, 6.07) is 14.5. The number of nitrogens with one attached hydrogen (secondary N) is 2. The number of carbonyl (C=O) groups excluding carboxylic acids is 2. The van der Waals surface area contributed by atoms with E-state index in [0.717, 1.165) is 5.56 Å². The van der Waals surface area contributed by atoms with Crippen LogP contribution < -0.4 is 15.4 Å². The Morgan fingerprint density at radius 3 is 2.85 bits per heavy atom. The molecule has 1 aromatic heterocycles. The molecule has 0 radical (unpaired) electrons. The van der Waals surface area contributed by atoms with E-state index in [1.54, 1.807) is 19.1 Å². The van der Waals surface area contributed by atoms with E-state index in [1.807, 2.05) is 41.8 Å². The topological polar surface area (TPSA) is 80.3 Å². The van der Waals surface area contributed by atoms with Crippen molar-refractivity contribution in [2.45, 2.75) is 13.0 Å². The predicted octanol–water partition coefficient (Wildman–Crippen LogP) is 3.78. The quantitative estimate of drug-likeness (QED) is 0.740. The average molecular weight is 365 g/mol. The Hall–Kier alpha value is -3.19. The average Bonchev–Trinajstić information content (AvgIpc) is 3.11. The number of ether oxygens (including phenoxy) is 1. The first-order chi connectivity index (χ1) is 12.6. The number of benzene rings is 2. The van der Waals surface area contributed by atoms with Crippen molar-refractivity contribution in [2.24, 2.45) is 0 Å². The molecule has 2 heterocycles. The van der Waals surface area contributed by atoms with Crippen LogP contribution in [0.3, 0.4) is 0 Å². The molecule has 2 N–H and O–H groups in total. The monoisotopic (exact) mass is 365 g/mol. The van der Waals surface area contributed by atoms with Crippen LogP contribution in [0.15, 0.2) is 53.9 Å². The summed E-state index contributed by atoms with van der Waals surface area (Å²) in [5.74, 6) is 0.254. The number of fused-ring (bicyclic) bond motifs is 1. The molecule has 0 fully saturated rings. The fraction of sp³-hybridized carbons (Fsp3) is 0.105. The van der Waals surface area contributed by atoms with Gasteiger partial charge in [-0.25, -0.2) is 4.98 Å². The summed E-state index contributed by atoms with van der Waals surface area (Å²) in [6.07, 6.45) is -0.507. The van der Waals surface area contributed by atoms with Crippen LogP contribution in [0.25, 0.3) is 11.3 Å². The summed E-state index contributed by atoms with van der Waals surface area (Å²) in [5, 5.41) is 7.99. The maximum atomic E-state index is 12.2. The molecule has 0 bridgehead atoms. The van der Waals surface area contributed by atoms with Gasteiger partial charge in [0.05, 0.1) is 11.4 Å². The van der Waals surface area contributed by atoms with E-state index in [-0.39, 0.29) is 11.8 Å². The normalized spacial score (nSPS) is 15.6. The number of anilines is 2. The van der Waals surface area contributed by atoms with Gasteiger partial charge in [0.1, 0.15) is 5.75 Å². The molecule has 4 rings (SSSR count). The number of amides is 2. The summed E-state index contributed by atoms with van der Waals surface area (Å²) in [4.78, 5) is 28.4. The molecule has 130 valence electrons. The second kappa shape index (κ2) is 6.61. The summed E-state index contributed by atoms with van der Waals surface area (Å²) >= 11 is 1.34. The Kier molecular flexibility index (Phi) is 4.14. The van der Waals surface area contributed by atoms with Crippen LogP contribution in [0.4, 0.5) is 10.8 Å². The van der Waals surface area contributed by atoms with Gasteiger partial charge in [-0.15, -0.1) is 11.3 Å². The minimum absolute atomic E-state index is 0.177. The van der Waals surface area contributed by atoms with E-state index in [1.165, 1.54) is 11.3 Å². The van der Waals surface area contributed by atoms with Crippen molar-refractivity contribution in [2.75, 3.05) is 10.6 Å². The molecule has 1 atom stereocenters. The fourth-order valence-corrected chi connectivity index (χ4v) is 3.31. The van der Waals surface area contributed by atoms with Crippen LogP contribution in [0.5, 0.6) is 5.75 Å². The molecule has 7 heteroatoms. The highest BCUT2D eigenvalue weighted by Gasteiger charge is 2.23. The molecule has 1 aliphatic rings. The molecule has 0 saturated carbocycles. The summed E-state index contributed by atoms with van der Waals surface area (Å²) in [7, 11) is 0. The third-order valence-corrected chi connectivity index (χ3v) is 4.72. The first-order valence-electron chi connectivity index (χ1n) is 8.04. The highest BCUT2D eigenvalue weighted by Crippen LogP contribution is 2.34. The number of nitrogens with zero attached hydrogens (tertiary/aromatic N) is 1. The van der Waals surface area contributed by atoms with E-state index < -0.39 is 6.10 Å².